The molecule has 0 radical (unpaired) electrons. The lowest BCUT2D eigenvalue weighted by molar-refractivity contribution is -0.118. The third-order valence-corrected chi connectivity index (χ3v) is 5.17. The van der Waals surface area contributed by atoms with Crippen molar-refractivity contribution in [1.82, 2.24) is 5.32 Å². The molecule has 0 bridgehead atoms. The highest BCUT2D eigenvalue weighted by molar-refractivity contribution is 6.05. The lowest BCUT2D eigenvalue weighted by atomic mass is 9.97. The lowest BCUT2D eigenvalue weighted by Gasteiger charge is -2.41. The molecule has 1 atom stereocenters. The topological polar surface area (TPSA) is 61.4 Å². The smallest absolute Gasteiger partial charge is 0.251 e. The van der Waals surface area contributed by atoms with E-state index < -0.39 is 0 Å². The summed E-state index contributed by atoms with van der Waals surface area (Å²) in [5, 5.41) is 5.93. The monoisotopic (exact) mass is 349 g/mol. The minimum atomic E-state index is -0.135. The molecule has 0 unspecified atom stereocenters. The molecule has 1 saturated heterocycles. The predicted molar refractivity (Wildman–Crippen MR) is 102 cm³/mol. The Morgan fingerprint density at radius 3 is 2.96 bits per heavy atom. The van der Waals surface area contributed by atoms with Gasteiger partial charge in [0.25, 0.3) is 5.91 Å². The second-order valence-corrected chi connectivity index (χ2v) is 7.10. The van der Waals surface area contributed by atoms with Crippen molar-refractivity contribution in [2.24, 2.45) is 0 Å². The van der Waals surface area contributed by atoms with E-state index in [1.807, 2.05) is 37.3 Å². The Morgan fingerprint density at radius 1 is 1.23 bits per heavy atom. The van der Waals surface area contributed by atoms with Gasteiger partial charge < -0.3 is 15.5 Å². The summed E-state index contributed by atoms with van der Waals surface area (Å²) in [6.45, 7) is 3.41. The first-order valence-corrected chi connectivity index (χ1v) is 9.17. The summed E-state index contributed by atoms with van der Waals surface area (Å²) >= 11 is 0. The quantitative estimate of drug-likeness (QED) is 0.894. The number of hydrogen-bond donors (Lipinski definition) is 2. The number of amides is 2. The van der Waals surface area contributed by atoms with E-state index >= 15 is 0 Å². The van der Waals surface area contributed by atoms with Gasteiger partial charge >= 0.3 is 0 Å². The molecule has 2 N–H and O–H groups in total. The highest BCUT2D eigenvalue weighted by atomic mass is 16.2. The summed E-state index contributed by atoms with van der Waals surface area (Å²) in [5.74, 6) is -0.0983. The van der Waals surface area contributed by atoms with Gasteiger partial charge in [-0.3, -0.25) is 9.59 Å². The van der Waals surface area contributed by atoms with Gasteiger partial charge in [0.05, 0.1) is 11.4 Å². The number of nitrogens with one attached hydrogen (secondary N) is 2. The molecule has 2 aliphatic heterocycles. The average molecular weight is 349 g/mol. The van der Waals surface area contributed by atoms with E-state index in [9.17, 15) is 9.59 Å². The molecule has 2 aromatic rings. The van der Waals surface area contributed by atoms with Crippen molar-refractivity contribution in [3.63, 3.8) is 0 Å². The van der Waals surface area contributed by atoms with Gasteiger partial charge in [0.1, 0.15) is 6.04 Å². The molecule has 0 saturated carbocycles. The molecule has 5 nitrogen and oxygen atoms in total. The third kappa shape index (κ3) is 3.17. The summed E-state index contributed by atoms with van der Waals surface area (Å²) in [6.07, 6.45) is 3.08. The summed E-state index contributed by atoms with van der Waals surface area (Å²) in [7, 11) is 0. The molecule has 134 valence electrons. The standard InChI is InChI=1S/C21H23N3O2/c1-14-5-4-6-15(11-14)13-22-20(25)16-8-9-18-17(12-16)23-21(26)19-7-2-3-10-24(18)19/h4-6,8-9,11-12,19H,2-3,7,10,13H2,1H3,(H,22,25)(H,23,26)/t19-/m0/s1. The van der Waals surface area contributed by atoms with Crippen LogP contribution in [0.1, 0.15) is 40.7 Å². The number of hydrogen-bond acceptors (Lipinski definition) is 3. The van der Waals surface area contributed by atoms with Crippen LogP contribution in [0.15, 0.2) is 42.5 Å². The van der Waals surface area contributed by atoms with E-state index in [1.165, 1.54) is 5.56 Å². The van der Waals surface area contributed by atoms with Crippen molar-refractivity contribution in [3.8, 4) is 0 Å². The average Bonchev–Trinajstić information content (AvgIpc) is 2.66. The zero-order chi connectivity index (χ0) is 18.1. The fourth-order valence-corrected chi connectivity index (χ4v) is 3.84. The molecule has 0 aromatic heterocycles. The normalized spacial score (nSPS) is 18.6. The first-order chi connectivity index (χ1) is 12.6. The Bertz CT molecular complexity index is 862. The van der Waals surface area contributed by atoms with Crippen LogP contribution in [0, 0.1) is 6.92 Å². The molecular formula is C21H23N3O2. The summed E-state index contributed by atoms with van der Waals surface area (Å²) in [4.78, 5) is 27.0. The van der Waals surface area contributed by atoms with Crippen LogP contribution in [0.2, 0.25) is 0 Å². The molecule has 2 amide bonds. The summed E-state index contributed by atoms with van der Waals surface area (Å²) < 4.78 is 0. The summed E-state index contributed by atoms with van der Waals surface area (Å²) in [6, 6.07) is 13.6. The van der Waals surface area contributed by atoms with Crippen LogP contribution in [0.3, 0.4) is 0 Å². The van der Waals surface area contributed by atoms with Crippen LogP contribution in [-0.2, 0) is 11.3 Å². The van der Waals surface area contributed by atoms with Crippen molar-refractivity contribution >= 4 is 23.2 Å². The van der Waals surface area contributed by atoms with Crippen LogP contribution >= 0.6 is 0 Å². The number of nitrogens with zero attached hydrogens (tertiary/aromatic N) is 1. The fraction of sp³-hybridized carbons (Fsp3) is 0.333. The largest absolute Gasteiger partial charge is 0.358 e. The van der Waals surface area contributed by atoms with Crippen LogP contribution in [0.4, 0.5) is 11.4 Å². The number of anilines is 2. The van der Waals surface area contributed by atoms with E-state index in [-0.39, 0.29) is 17.9 Å². The van der Waals surface area contributed by atoms with Crippen molar-refractivity contribution in [1.29, 1.82) is 0 Å². The molecule has 2 aliphatic rings. The first-order valence-electron chi connectivity index (χ1n) is 9.17. The number of piperidine rings is 1. The highest BCUT2D eigenvalue weighted by Gasteiger charge is 2.34. The Morgan fingerprint density at radius 2 is 2.12 bits per heavy atom. The maximum Gasteiger partial charge on any atom is 0.251 e. The summed E-state index contributed by atoms with van der Waals surface area (Å²) in [5.41, 5.74) is 4.55. The maximum absolute atomic E-state index is 12.5. The molecule has 0 aliphatic carbocycles. The minimum Gasteiger partial charge on any atom is -0.358 e. The molecule has 0 spiro atoms. The molecule has 2 aromatic carbocycles. The maximum atomic E-state index is 12.5. The van der Waals surface area contributed by atoms with Gasteiger partial charge in [-0.2, -0.15) is 0 Å². The Hall–Kier alpha value is -2.82. The van der Waals surface area contributed by atoms with Crippen LogP contribution in [0.5, 0.6) is 0 Å². The lowest BCUT2D eigenvalue weighted by Crippen LogP contribution is -2.50. The Balaban J connectivity index is 1.51. The van der Waals surface area contributed by atoms with Gasteiger partial charge in [0.2, 0.25) is 5.91 Å². The molecular weight excluding hydrogens is 326 g/mol. The second kappa shape index (κ2) is 6.83. The van der Waals surface area contributed by atoms with E-state index in [2.05, 4.69) is 21.6 Å². The third-order valence-electron chi connectivity index (χ3n) is 5.17. The van der Waals surface area contributed by atoms with Crippen LogP contribution < -0.4 is 15.5 Å². The highest BCUT2D eigenvalue weighted by Crippen LogP contribution is 2.36. The number of carbonyl (C=O) groups is 2. The first kappa shape index (κ1) is 16.6. The van der Waals surface area contributed by atoms with E-state index in [4.69, 9.17) is 0 Å². The number of aryl methyl sites for hydroxylation is 1. The predicted octanol–water partition coefficient (Wildman–Crippen LogP) is 3.24. The van der Waals surface area contributed by atoms with Gasteiger partial charge in [-0.05, 0) is 49.9 Å². The number of benzene rings is 2. The van der Waals surface area contributed by atoms with Gasteiger partial charge in [0, 0.05) is 18.7 Å². The van der Waals surface area contributed by atoms with Crippen LogP contribution in [-0.4, -0.2) is 24.4 Å². The van der Waals surface area contributed by atoms with Crippen molar-refractivity contribution in [2.45, 2.75) is 38.8 Å². The van der Waals surface area contributed by atoms with Gasteiger partial charge in [0.15, 0.2) is 0 Å². The Labute approximate surface area is 153 Å². The number of fused-ring (bicyclic) bond motifs is 3. The van der Waals surface area contributed by atoms with Crippen molar-refractivity contribution < 1.29 is 9.59 Å². The zero-order valence-electron chi connectivity index (χ0n) is 14.9. The second-order valence-electron chi connectivity index (χ2n) is 7.10. The van der Waals surface area contributed by atoms with Gasteiger partial charge in [-0.25, -0.2) is 0 Å². The minimum absolute atomic E-state index is 0.0366. The molecule has 1 fully saturated rings. The van der Waals surface area contributed by atoms with Crippen molar-refractivity contribution in [2.75, 3.05) is 16.8 Å². The van der Waals surface area contributed by atoms with Crippen LogP contribution in [0.25, 0.3) is 0 Å². The Kier molecular flexibility index (Phi) is 4.37. The van der Waals surface area contributed by atoms with E-state index in [1.54, 1.807) is 6.07 Å². The SMILES string of the molecule is Cc1cccc(CNC(=O)c2ccc3c(c2)NC(=O)[C@@H]2CCCCN32)c1. The number of rotatable bonds is 3. The molecule has 4 rings (SSSR count). The van der Waals surface area contributed by atoms with E-state index in [0.29, 0.717) is 12.1 Å². The molecule has 5 heteroatoms. The van der Waals surface area contributed by atoms with Crippen molar-refractivity contribution in [3.05, 3.63) is 59.2 Å². The van der Waals surface area contributed by atoms with Gasteiger partial charge in [-0.1, -0.05) is 29.8 Å². The van der Waals surface area contributed by atoms with Gasteiger partial charge in [-0.15, -0.1) is 0 Å². The zero-order valence-corrected chi connectivity index (χ0v) is 14.9. The van der Waals surface area contributed by atoms with E-state index in [0.717, 1.165) is 42.7 Å². The molecule has 26 heavy (non-hydrogen) atoms. The fourth-order valence-electron chi connectivity index (χ4n) is 3.84. The number of carbonyl (C=O) groups excluding carboxylic acids is 2. The molecule has 2 heterocycles.